The number of carbonyl (C=O) groups is 3. The minimum atomic E-state index is -0.758. The number of methoxy groups -OCH3 is 1. The average molecular weight is 777 g/mol. The lowest BCUT2D eigenvalue weighted by Crippen LogP contribution is -2.50. The van der Waals surface area contributed by atoms with Crippen LogP contribution in [0.15, 0.2) is 60.7 Å². The summed E-state index contributed by atoms with van der Waals surface area (Å²) in [7, 11) is 1.33. The fourth-order valence-corrected chi connectivity index (χ4v) is 11.8. The molecular weight excluding hydrogens is 724 g/mol. The maximum absolute atomic E-state index is 14.9. The van der Waals surface area contributed by atoms with E-state index in [1.54, 1.807) is 12.1 Å². The molecule has 8 atom stereocenters. The molecule has 0 radical (unpaired) electrons. The van der Waals surface area contributed by atoms with E-state index in [1.165, 1.54) is 41.4 Å². The monoisotopic (exact) mass is 776 g/mol. The van der Waals surface area contributed by atoms with Gasteiger partial charge in [-0.05, 0) is 101 Å². The van der Waals surface area contributed by atoms with Crippen molar-refractivity contribution in [1.29, 1.82) is 0 Å². The molecule has 4 aliphatic carbocycles. The number of hydrazine groups is 2. The van der Waals surface area contributed by atoms with Gasteiger partial charge in [-0.1, -0.05) is 61.1 Å². The van der Waals surface area contributed by atoms with E-state index in [9.17, 15) is 31.9 Å². The Morgan fingerprint density at radius 1 is 0.750 bits per heavy atom. The summed E-state index contributed by atoms with van der Waals surface area (Å²) in [5, 5.41) is 4.71. The van der Waals surface area contributed by atoms with E-state index in [0.717, 1.165) is 43.4 Å². The highest BCUT2D eigenvalue weighted by molar-refractivity contribution is 5.99. The third-order valence-corrected chi connectivity index (χ3v) is 15.5. The summed E-state index contributed by atoms with van der Waals surface area (Å²) in [5.41, 5.74) is 4.68. The van der Waals surface area contributed by atoms with Crippen LogP contribution >= 0.6 is 0 Å². The number of hydrogen-bond donors (Lipinski definition) is 1. The molecule has 0 spiro atoms. The maximum atomic E-state index is 14.9. The summed E-state index contributed by atoms with van der Waals surface area (Å²) in [5.74, 6) is -3.25. The van der Waals surface area contributed by atoms with Gasteiger partial charge in [-0.25, -0.2) is 42.8 Å². The van der Waals surface area contributed by atoms with Crippen molar-refractivity contribution in [2.24, 2.45) is 45.3 Å². The van der Waals surface area contributed by atoms with Gasteiger partial charge in [-0.15, -0.1) is 0 Å². The van der Waals surface area contributed by atoms with Crippen molar-refractivity contribution in [1.82, 2.24) is 10.4 Å². The van der Waals surface area contributed by atoms with E-state index in [-0.39, 0.29) is 82.1 Å². The highest BCUT2D eigenvalue weighted by Gasteiger charge is 2.73. The molecule has 2 amide bonds. The van der Waals surface area contributed by atoms with Gasteiger partial charge in [0, 0.05) is 30.8 Å². The minimum Gasteiger partial charge on any atom is -0.465 e. The molecule has 12 heteroatoms. The summed E-state index contributed by atoms with van der Waals surface area (Å²) >= 11 is 0. The van der Waals surface area contributed by atoms with Gasteiger partial charge in [0.15, 0.2) is 11.6 Å². The second-order valence-electron chi connectivity index (χ2n) is 18.0. The number of hydrogen-bond acceptors (Lipinski definition) is 6. The van der Waals surface area contributed by atoms with Gasteiger partial charge in [-0.2, -0.15) is 0 Å². The van der Waals surface area contributed by atoms with Gasteiger partial charge in [0.05, 0.1) is 35.9 Å². The standard InChI is InChI=1S/C26H28F2N2O3.C17H20F2N2O.CH4/c1-25(2)18-11-12-26(25,3)22-21(18)23(31)30(20-10-9-17(27)13-19(20)28)29(22)14-15-5-7-16(8-6-15)24(32)33-4;1-16(2)10-6-7-17(16,3)14-13(10)15(22)21(20-14)12-5-4-9(18)8-11(12)19;/h5-10,13,18,21-22H,11-12,14H2,1-4H3;4-5,8,10,13-14,20H,6-7H2,1-3H3;1H4/t18-,21?,22?,26+;10-,13?,14?,17+;/m00./s1. The molecule has 4 saturated carbocycles. The summed E-state index contributed by atoms with van der Waals surface area (Å²) in [6.07, 6.45) is 4.08. The van der Waals surface area contributed by atoms with Gasteiger partial charge >= 0.3 is 5.97 Å². The number of rotatable bonds is 5. The highest BCUT2D eigenvalue weighted by Crippen LogP contribution is 2.71. The summed E-state index contributed by atoms with van der Waals surface area (Å²) in [6, 6.07) is 13.6. The van der Waals surface area contributed by atoms with E-state index >= 15 is 0 Å². The van der Waals surface area contributed by atoms with Crippen LogP contribution in [0.1, 0.15) is 90.6 Å². The summed E-state index contributed by atoms with van der Waals surface area (Å²) in [6.45, 7) is 13.8. The van der Waals surface area contributed by atoms with Crippen LogP contribution in [0, 0.1) is 68.6 Å². The van der Waals surface area contributed by atoms with Crippen LogP contribution in [-0.2, 0) is 20.9 Å². The molecule has 8 nitrogen and oxygen atoms in total. The molecular formula is C44H52F4N4O4. The molecule has 2 aliphatic heterocycles. The molecule has 56 heavy (non-hydrogen) atoms. The van der Waals surface area contributed by atoms with Crippen molar-refractivity contribution in [3.63, 3.8) is 0 Å². The Hall–Kier alpha value is -4.29. The van der Waals surface area contributed by atoms with Gasteiger partial charge in [0.1, 0.15) is 11.6 Å². The largest absolute Gasteiger partial charge is 0.465 e. The molecule has 6 fully saturated rings. The Kier molecular flexibility index (Phi) is 9.55. The van der Waals surface area contributed by atoms with Crippen molar-refractivity contribution >= 4 is 29.2 Å². The van der Waals surface area contributed by atoms with Crippen LogP contribution in [0.5, 0.6) is 0 Å². The SMILES string of the molecule is C.CC1(C)[C@H]2CC[C@]1(C)C1NN(c3ccc(F)cc3F)C(=O)C12.COC(=O)c1ccc(CN2C3C(C(=O)N2c2ccc(F)cc2F)[C@@H]2CC[C@@]3(C)C2(C)C)cc1. The zero-order valence-corrected chi connectivity index (χ0v) is 32.3. The molecule has 0 aromatic heterocycles. The Morgan fingerprint density at radius 3 is 1.84 bits per heavy atom. The average Bonchev–Trinajstić information content (AvgIpc) is 3.85. The van der Waals surface area contributed by atoms with E-state index in [4.69, 9.17) is 4.74 Å². The molecule has 3 aromatic rings. The number of fused-ring (bicyclic) bond motifs is 10. The Morgan fingerprint density at radius 2 is 1.29 bits per heavy atom. The number of anilines is 2. The zero-order chi connectivity index (χ0) is 39.6. The molecule has 1 N–H and O–H groups in total. The van der Waals surface area contributed by atoms with Crippen LogP contribution in [0.2, 0.25) is 0 Å². The third kappa shape index (κ3) is 5.41. The van der Waals surface area contributed by atoms with Gasteiger partial charge in [-0.3, -0.25) is 9.59 Å². The predicted molar refractivity (Wildman–Crippen MR) is 205 cm³/mol. The Balaban J connectivity index is 0.000000182. The lowest BCUT2D eigenvalue weighted by Gasteiger charge is -2.44. The number of benzene rings is 3. The topological polar surface area (TPSA) is 82.2 Å². The normalized spacial score (nSPS) is 32.9. The molecule has 4 bridgehead atoms. The minimum absolute atomic E-state index is 0. The number of amides is 2. The first kappa shape index (κ1) is 39.9. The Labute approximate surface area is 326 Å². The number of esters is 1. The predicted octanol–water partition coefficient (Wildman–Crippen LogP) is 8.85. The quantitative estimate of drug-likeness (QED) is 0.206. The van der Waals surface area contributed by atoms with Gasteiger partial charge in [0.2, 0.25) is 11.8 Å². The van der Waals surface area contributed by atoms with Crippen molar-refractivity contribution in [3.05, 3.63) is 95.1 Å². The highest BCUT2D eigenvalue weighted by atomic mass is 19.1. The number of halogens is 4. The first-order valence-corrected chi connectivity index (χ1v) is 19.2. The van der Waals surface area contributed by atoms with Crippen molar-refractivity contribution < 1.29 is 36.7 Å². The number of carbonyl (C=O) groups excluding carboxylic acids is 3. The first-order valence-electron chi connectivity index (χ1n) is 19.2. The molecule has 300 valence electrons. The number of ether oxygens (including phenoxy) is 1. The van der Waals surface area contributed by atoms with E-state index in [2.05, 4.69) is 47.0 Å². The van der Waals surface area contributed by atoms with Crippen LogP contribution < -0.4 is 15.4 Å². The molecule has 4 unspecified atom stereocenters. The second-order valence-corrected chi connectivity index (χ2v) is 18.0. The van der Waals surface area contributed by atoms with Crippen LogP contribution in [0.3, 0.4) is 0 Å². The fraction of sp³-hybridized carbons (Fsp3) is 0.523. The zero-order valence-electron chi connectivity index (χ0n) is 32.3. The summed E-state index contributed by atoms with van der Waals surface area (Å²) in [4.78, 5) is 38.4. The number of nitrogens with zero attached hydrogens (tertiary/aromatic N) is 3. The van der Waals surface area contributed by atoms with Crippen LogP contribution in [0.25, 0.3) is 0 Å². The fourth-order valence-electron chi connectivity index (χ4n) is 11.8. The molecule has 3 aromatic carbocycles. The third-order valence-electron chi connectivity index (χ3n) is 15.5. The van der Waals surface area contributed by atoms with Crippen LogP contribution in [0.4, 0.5) is 28.9 Å². The first-order chi connectivity index (χ1) is 25.9. The summed E-state index contributed by atoms with van der Waals surface area (Å²) < 4.78 is 60.4. The van der Waals surface area contributed by atoms with Gasteiger partial charge < -0.3 is 4.74 Å². The van der Waals surface area contributed by atoms with Gasteiger partial charge in [0.25, 0.3) is 0 Å². The van der Waals surface area contributed by atoms with Crippen molar-refractivity contribution in [3.8, 4) is 0 Å². The van der Waals surface area contributed by atoms with Crippen molar-refractivity contribution in [2.45, 2.75) is 93.3 Å². The number of nitrogens with one attached hydrogen (secondary N) is 1. The van der Waals surface area contributed by atoms with E-state index < -0.39 is 29.2 Å². The smallest absolute Gasteiger partial charge is 0.337 e. The Bertz CT molecular complexity index is 2090. The lowest BCUT2D eigenvalue weighted by atomic mass is 9.69. The molecule has 2 heterocycles. The van der Waals surface area contributed by atoms with E-state index in [1.807, 2.05) is 17.1 Å². The van der Waals surface area contributed by atoms with E-state index in [0.29, 0.717) is 18.0 Å². The lowest BCUT2D eigenvalue weighted by molar-refractivity contribution is -0.123. The van der Waals surface area contributed by atoms with Crippen molar-refractivity contribution in [2.75, 3.05) is 17.1 Å². The maximum Gasteiger partial charge on any atom is 0.337 e. The molecule has 9 rings (SSSR count). The second kappa shape index (κ2) is 13.4. The molecule has 2 saturated heterocycles. The molecule has 6 aliphatic rings. The van der Waals surface area contributed by atoms with Crippen LogP contribution in [-0.4, -0.2) is 42.0 Å².